The van der Waals surface area contributed by atoms with Crippen molar-refractivity contribution >= 4 is 11.8 Å². The summed E-state index contributed by atoms with van der Waals surface area (Å²) >= 11 is 0. The largest absolute Gasteiger partial charge is 0.408 e. The monoisotopic (exact) mass is 317 g/mol. The van der Waals surface area contributed by atoms with Crippen LogP contribution in [0.15, 0.2) is 12.3 Å². The molecule has 2 amide bonds. The highest BCUT2D eigenvalue weighted by Gasteiger charge is 2.40. The lowest BCUT2D eigenvalue weighted by molar-refractivity contribution is -0.142. The summed E-state index contributed by atoms with van der Waals surface area (Å²) in [4.78, 5) is 16.1. The molecular weight excluding hydrogens is 299 g/mol. The van der Waals surface area contributed by atoms with Crippen LogP contribution in [0.2, 0.25) is 0 Å². The van der Waals surface area contributed by atoms with Crippen LogP contribution in [0.1, 0.15) is 0 Å². The number of rotatable bonds is 2. The SMILES string of the molecule is CN1C[C@@H]2CN(C(=O)Nc3ccn(CC(F)(F)F)n3)C[C@@H]2C1. The van der Waals surface area contributed by atoms with Crippen molar-refractivity contribution in [3.63, 3.8) is 0 Å². The molecule has 2 fully saturated rings. The molecule has 6 nitrogen and oxygen atoms in total. The highest BCUT2D eigenvalue weighted by molar-refractivity contribution is 5.88. The third kappa shape index (κ3) is 3.34. The fourth-order valence-corrected chi connectivity index (χ4v) is 3.28. The Kier molecular flexibility index (Phi) is 3.75. The van der Waals surface area contributed by atoms with Gasteiger partial charge in [0.15, 0.2) is 5.82 Å². The van der Waals surface area contributed by atoms with Gasteiger partial charge in [-0.3, -0.25) is 10.00 Å². The molecule has 0 bridgehead atoms. The normalized spacial score (nSPS) is 25.5. The van der Waals surface area contributed by atoms with Crippen molar-refractivity contribution in [2.75, 3.05) is 38.5 Å². The molecule has 122 valence electrons. The minimum atomic E-state index is -4.33. The molecule has 0 aliphatic carbocycles. The number of aromatic nitrogens is 2. The minimum absolute atomic E-state index is 0.142. The van der Waals surface area contributed by atoms with Gasteiger partial charge in [0, 0.05) is 38.4 Å². The van der Waals surface area contributed by atoms with E-state index < -0.39 is 12.7 Å². The smallest absolute Gasteiger partial charge is 0.324 e. The maximum Gasteiger partial charge on any atom is 0.408 e. The van der Waals surface area contributed by atoms with Gasteiger partial charge in [0.05, 0.1) is 0 Å². The zero-order valence-electron chi connectivity index (χ0n) is 12.2. The van der Waals surface area contributed by atoms with Crippen LogP contribution in [0.5, 0.6) is 0 Å². The molecule has 2 aliphatic rings. The number of nitrogens with zero attached hydrogens (tertiary/aromatic N) is 4. The van der Waals surface area contributed by atoms with E-state index >= 15 is 0 Å². The Morgan fingerprint density at radius 1 is 1.32 bits per heavy atom. The first-order valence-electron chi connectivity index (χ1n) is 7.15. The molecule has 9 heteroatoms. The quantitative estimate of drug-likeness (QED) is 0.899. The van der Waals surface area contributed by atoms with Crippen molar-refractivity contribution in [1.82, 2.24) is 19.6 Å². The number of hydrogen-bond donors (Lipinski definition) is 1. The molecule has 1 aromatic heterocycles. The molecule has 1 aromatic rings. The Hall–Kier alpha value is -1.77. The number of hydrogen-bond acceptors (Lipinski definition) is 3. The second-order valence-electron chi connectivity index (χ2n) is 6.09. The lowest BCUT2D eigenvalue weighted by Gasteiger charge is -2.19. The van der Waals surface area contributed by atoms with Gasteiger partial charge in [0.1, 0.15) is 6.54 Å². The fourth-order valence-electron chi connectivity index (χ4n) is 3.28. The summed E-state index contributed by atoms with van der Waals surface area (Å²) < 4.78 is 37.6. The first-order valence-corrected chi connectivity index (χ1v) is 7.15. The maximum atomic E-state index is 12.3. The van der Waals surface area contributed by atoms with Crippen molar-refractivity contribution < 1.29 is 18.0 Å². The van der Waals surface area contributed by atoms with Gasteiger partial charge in [-0.15, -0.1) is 0 Å². The zero-order valence-corrected chi connectivity index (χ0v) is 12.2. The Labute approximate surface area is 125 Å². The number of carbonyl (C=O) groups excluding carboxylic acids is 1. The van der Waals surface area contributed by atoms with Crippen LogP contribution < -0.4 is 5.32 Å². The highest BCUT2D eigenvalue weighted by Crippen LogP contribution is 2.30. The average molecular weight is 317 g/mol. The van der Waals surface area contributed by atoms with Gasteiger partial charge < -0.3 is 9.80 Å². The van der Waals surface area contributed by atoms with Crippen molar-refractivity contribution in [2.24, 2.45) is 11.8 Å². The molecule has 22 heavy (non-hydrogen) atoms. The highest BCUT2D eigenvalue weighted by atomic mass is 19.4. The van der Waals surface area contributed by atoms with Gasteiger partial charge in [-0.2, -0.15) is 18.3 Å². The number of anilines is 1. The number of urea groups is 1. The molecule has 2 atom stereocenters. The summed E-state index contributed by atoms with van der Waals surface area (Å²) in [5.41, 5.74) is 0. The third-order valence-electron chi connectivity index (χ3n) is 4.17. The molecule has 3 heterocycles. The standard InChI is InChI=1S/C13H18F3N5O/c1-19-4-9-6-20(7-10(9)5-19)12(22)17-11-2-3-21(18-11)8-13(14,15)16/h2-3,9-10H,4-8H2,1H3,(H,17,18,22)/t9-,10+. The van der Waals surface area contributed by atoms with Crippen molar-refractivity contribution in [3.05, 3.63) is 12.3 Å². The zero-order chi connectivity index (χ0) is 15.9. The first kappa shape index (κ1) is 15.1. The fraction of sp³-hybridized carbons (Fsp3) is 0.692. The second kappa shape index (κ2) is 5.45. The van der Waals surface area contributed by atoms with E-state index in [2.05, 4.69) is 22.4 Å². The molecule has 0 saturated carbocycles. The predicted octanol–water partition coefficient (Wildman–Crippen LogP) is 1.47. The summed E-state index contributed by atoms with van der Waals surface area (Å²) in [7, 11) is 2.07. The maximum absolute atomic E-state index is 12.3. The Morgan fingerprint density at radius 3 is 2.55 bits per heavy atom. The molecule has 1 N–H and O–H groups in total. The van der Waals surface area contributed by atoms with Crippen molar-refractivity contribution in [3.8, 4) is 0 Å². The van der Waals surface area contributed by atoms with Crippen molar-refractivity contribution in [1.29, 1.82) is 0 Å². The molecule has 0 unspecified atom stereocenters. The summed E-state index contributed by atoms with van der Waals surface area (Å²) in [6, 6.07) is 1.07. The topological polar surface area (TPSA) is 53.4 Å². The number of halogens is 3. The van der Waals surface area contributed by atoms with Crippen LogP contribution in [0.25, 0.3) is 0 Å². The Morgan fingerprint density at radius 2 is 1.95 bits per heavy atom. The Bertz CT molecular complexity index is 544. The van der Waals surface area contributed by atoms with E-state index in [9.17, 15) is 18.0 Å². The number of alkyl halides is 3. The van der Waals surface area contributed by atoms with Crippen LogP contribution in [0.3, 0.4) is 0 Å². The van der Waals surface area contributed by atoms with Gasteiger partial charge in [-0.25, -0.2) is 4.79 Å². The Balaban J connectivity index is 1.55. The number of nitrogens with one attached hydrogen (secondary N) is 1. The van der Waals surface area contributed by atoms with Crippen LogP contribution in [0, 0.1) is 11.8 Å². The van der Waals surface area contributed by atoms with E-state index in [1.54, 1.807) is 4.90 Å². The van der Waals surface area contributed by atoms with E-state index in [0.29, 0.717) is 24.9 Å². The van der Waals surface area contributed by atoms with E-state index in [4.69, 9.17) is 0 Å². The van der Waals surface area contributed by atoms with Gasteiger partial charge in [0.2, 0.25) is 0 Å². The van der Waals surface area contributed by atoms with Crippen LogP contribution in [0.4, 0.5) is 23.8 Å². The summed E-state index contributed by atoms with van der Waals surface area (Å²) in [6.07, 6.45) is -3.12. The lowest BCUT2D eigenvalue weighted by Crippen LogP contribution is -2.35. The number of fused-ring (bicyclic) bond motifs is 1. The lowest BCUT2D eigenvalue weighted by atomic mass is 10.0. The number of likely N-dealkylation sites (tertiary alicyclic amines) is 2. The van der Waals surface area contributed by atoms with E-state index in [-0.39, 0.29) is 11.8 Å². The molecule has 0 radical (unpaired) electrons. The third-order valence-corrected chi connectivity index (χ3v) is 4.17. The van der Waals surface area contributed by atoms with Gasteiger partial charge in [0.25, 0.3) is 0 Å². The van der Waals surface area contributed by atoms with Crippen LogP contribution in [-0.2, 0) is 6.54 Å². The molecular formula is C13H18F3N5O. The molecule has 0 aromatic carbocycles. The van der Waals surface area contributed by atoms with Crippen LogP contribution in [-0.4, -0.2) is 65.0 Å². The van der Waals surface area contributed by atoms with E-state index in [1.807, 2.05) is 0 Å². The average Bonchev–Trinajstić information content (AvgIpc) is 3.01. The van der Waals surface area contributed by atoms with Gasteiger partial charge in [-0.05, 0) is 18.9 Å². The van der Waals surface area contributed by atoms with Gasteiger partial charge in [-0.1, -0.05) is 0 Å². The second-order valence-corrected chi connectivity index (χ2v) is 6.09. The van der Waals surface area contributed by atoms with Crippen molar-refractivity contribution in [2.45, 2.75) is 12.7 Å². The molecule has 2 saturated heterocycles. The summed E-state index contributed by atoms with van der Waals surface area (Å²) in [5, 5.41) is 6.29. The molecule has 3 rings (SSSR count). The summed E-state index contributed by atoms with van der Waals surface area (Å²) in [5.74, 6) is 1.11. The molecule has 2 aliphatic heterocycles. The number of carbonyl (C=O) groups is 1. The summed E-state index contributed by atoms with van der Waals surface area (Å²) in [6.45, 7) is 2.17. The molecule has 0 spiro atoms. The van der Waals surface area contributed by atoms with E-state index in [1.165, 1.54) is 12.3 Å². The minimum Gasteiger partial charge on any atom is -0.324 e. The van der Waals surface area contributed by atoms with Crippen LogP contribution >= 0.6 is 0 Å². The predicted molar refractivity (Wildman–Crippen MR) is 73.4 cm³/mol. The van der Waals surface area contributed by atoms with E-state index in [0.717, 1.165) is 17.8 Å². The number of amides is 2. The first-order chi connectivity index (χ1) is 10.3. The van der Waals surface area contributed by atoms with Gasteiger partial charge >= 0.3 is 12.2 Å².